The van der Waals surface area contributed by atoms with E-state index < -0.39 is 17.0 Å². The summed E-state index contributed by atoms with van der Waals surface area (Å²) in [4.78, 5) is 25.2. The van der Waals surface area contributed by atoms with Gasteiger partial charge in [-0.3, -0.25) is 15.0 Å². The molecule has 0 aromatic rings. The molecular weight excluding hydrogens is 438 g/mol. The summed E-state index contributed by atoms with van der Waals surface area (Å²) in [5, 5.41) is 18.6. The van der Waals surface area contributed by atoms with E-state index in [1.54, 1.807) is 13.2 Å². The minimum Gasteiger partial charge on any atom is -0.481 e. The monoisotopic (exact) mass is 479 g/mol. The second-order valence-electron chi connectivity index (χ2n) is 13.6. The van der Waals surface area contributed by atoms with Crippen molar-refractivity contribution in [3.63, 3.8) is 0 Å². The molecule has 0 saturated heterocycles. The van der Waals surface area contributed by atoms with Crippen LogP contribution in [0.25, 0.3) is 0 Å². The number of allylic oxidation sites excluding steroid dienone is 4. The Morgan fingerprint density at radius 1 is 0.971 bits per heavy atom. The fourth-order valence-electron chi connectivity index (χ4n) is 9.01. The lowest BCUT2D eigenvalue weighted by molar-refractivity contribution is -0.178. The molecule has 190 valence electrons. The molecule has 7 atom stereocenters. The molecular formula is C30H41NO4. The third-order valence-electron chi connectivity index (χ3n) is 12.0. The van der Waals surface area contributed by atoms with Crippen LogP contribution in [-0.2, 0) is 14.3 Å². The first-order valence-corrected chi connectivity index (χ1v) is 13.2. The molecule has 0 bridgehead atoms. The normalized spacial score (nSPS) is 49.0. The molecule has 0 amide bonds. The largest absolute Gasteiger partial charge is 0.481 e. The average Bonchev–Trinajstić information content (AvgIpc) is 2.81. The first-order valence-electron chi connectivity index (χ1n) is 13.2. The van der Waals surface area contributed by atoms with Crippen LogP contribution in [0.1, 0.15) is 86.5 Å². The minimum absolute atomic E-state index is 0.00842. The van der Waals surface area contributed by atoms with E-state index in [0.29, 0.717) is 5.92 Å². The smallest absolute Gasteiger partial charge is 0.309 e. The van der Waals surface area contributed by atoms with Gasteiger partial charge < -0.3 is 9.84 Å². The van der Waals surface area contributed by atoms with Crippen LogP contribution in [0.5, 0.6) is 0 Å². The number of carboxylic acid groups (broad SMARTS) is 1. The maximum Gasteiger partial charge on any atom is 0.309 e. The fraction of sp³-hybridized carbons (Fsp3) is 0.700. The second-order valence-corrected chi connectivity index (χ2v) is 13.6. The highest BCUT2D eigenvalue weighted by atomic mass is 16.5. The summed E-state index contributed by atoms with van der Waals surface area (Å²) in [6.07, 6.45) is 12.6. The van der Waals surface area contributed by atoms with E-state index >= 15 is 0 Å². The highest BCUT2D eigenvalue weighted by molar-refractivity contribution is 6.47. The van der Waals surface area contributed by atoms with Crippen LogP contribution in [0.3, 0.4) is 0 Å². The van der Waals surface area contributed by atoms with Crippen LogP contribution < -0.4 is 0 Å². The molecule has 5 aliphatic carbocycles. The molecule has 5 nitrogen and oxygen atoms in total. The third kappa shape index (κ3) is 2.82. The van der Waals surface area contributed by atoms with E-state index in [1.807, 2.05) is 13.8 Å². The van der Waals surface area contributed by atoms with Crippen molar-refractivity contribution in [3.8, 4) is 0 Å². The maximum atomic E-state index is 12.9. The Balaban J connectivity index is 1.66. The highest BCUT2D eigenvalue weighted by Gasteiger charge is 2.67. The van der Waals surface area contributed by atoms with Crippen LogP contribution in [-0.4, -0.2) is 35.3 Å². The number of carbonyl (C=O) groups excluding carboxylic acids is 1. The number of ketones is 1. The first kappa shape index (κ1) is 24.7. The summed E-state index contributed by atoms with van der Waals surface area (Å²) in [7, 11) is 1.58. The van der Waals surface area contributed by atoms with Crippen LogP contribution in [0, 0.1) is 38.4 Å². The van der Waals surface area contributed by atoms with E-state index in [4.69, 9.17) is 10.1 Å². The maximum absolute atomic E-state index is 12.9. The van der Waals surface area contributed by atoms with E-state index in [2.05, 4.69) is 39.8 Å². The topological polar surface area (TPSA) is 87.5 Å². The predicted octanol–water partition coefficient (Wildman–Crippen LogP) is 6.29. The van der Waals surface area contributed by atoms with Gasteiger partial charge >= 0.3 is 5.97 Å². The van der Waals surface area contributed by atoms with Gasteiger partial charge in [-0.2, -0.15) is 0 Å². The third-order valence-corrected chi connectivity index (χ3v) is 12.0. The van der Waals surface area contributed by atoms with Gasteiger partial charge in [0.2, 0.25) is 5.78 Å². The summed E-state index contributed by atoms with van der Waals surface area (Å²) in [5.74, 6) is -0.588. The number of hydrogen-bond acceptors (Lipinski definition) is 4. The summed E-state index contributed by atoms with van der Waals surface area (Å²) in [6, 6.07) is 0. The molecule has 0 aromatic heterocycles. The van der Waals surface area contributed by atoms with Gasteiger partial charge in [-0.25, -0.2) is 0 Å². The molecule has 5 heteroatoms. The molecule has 5 aliphatic rings. The van der Waals surface area contributed by atoms with E-state index in [0.717, 1.165) is 56.1 Å². The molecule has 2 N–H and O–H groups in total. The molecule has 0 aromatic carbocycles. The lowest BCUT2D eigenvalue weighted by Crippen LogP contribution is -2.62. The number of carboxylic acids is 1. The first-order chi connectivity index (χ1) is 16.1. The Bertz CT molecular complexity index is 1150. The number of methoxy groups -OCH3 is 1. The molecule has 3 saturated carbocycles. The second kappa shape index (κ2) is 7.06. The van der Waals surface area contributed by atoms with Gasteiger partial charge in [-0.05, 0) is 98.2 Å². The van der Waals surface area contributed by atoms with Crippen molar-refractivity contribution in [1.29, 1.82) is 5.41 Å². The van der Waals surface area contributed by atoms with Crippen molar-refractivity contribution < 1.29 is 19.4 Å². The zero-order valence-electron chi connectivity index (χ0n) is 22.4. The average molecular weight is 480 g/mol. The molecule has 3 fully saturated rings. The van der Waals surface area contributed by atoms with Crippen molar-refractivity contribution in [2.75, 3.05) is 7.11 Å². The van der Waals surface area contributed by atoms with Gasteiger partial charge in [0.1, 0.15) is 11.3 Å². The van der Waals surface area contributed by atoms with Gasteiger partial charge in [-0.1, -0.05) is 45.4 Å². The Morgan fingerprint density at radius 3 is 2.26 bits per heavy atom. The predicted molar refractivity (Wildman–Crippen MR) is 136 cm³/mol. The van der Waals surface area contributed by atoms with Gasteiger partial charge in [-0.15, -0.1) is 0 Å². The van der Waals surface area contributed by atoms with Crippen molar-refractivity contribution in [2.24, 2.45) is 33.0 Å². The van der Waals surface area contributed by atoms with Crippen LogP contribution in [0.15, 0.2) is 34.9 Å². The van der Waals surface area contributed by atoms with Gasteiger partial charge in [0.15, 0.2) is 0 Å². The Hall–Kier alpha value is -2.01. The Morgan fingerprint density at radius 2 is 1.63 bits per heavy atom. The Kier molecular flexibility index (Phi) is 4.97. The summed E-state index contributed by atoms with van der Waals surface area (Å²) in [5.41, 5.74) is 1.35. The van der Waals surface area contributed by atoms with Crippen molar-refractivity contribution in [2.45, 2.75) is 92.1 Å². The van der Waals surface area contributed by atoms with E-state index in [-0.39, 0.29) is 33.2 Å². The molecule has 5 rings (SSSR count). The molecule has 0 heterocycles. The molecule has 0 spiro atoms. The van der Waals surface area contributed by atoms with Crippen LogP contribution in [0.2, 0.25) is 0 Å². The van der Waals surface area contributed by atoms with Crippen LogP contribution in [0.4, 0.5) is 0 Å². The molecule has 0 aliphatic heterocycles. The van der Waals surface area contributed by atoms with Crippen LogP contribution >= 0.6 is 0 Å². The molecule has 0 radical (unpaired) electrons. The lowest BCUT2D eigenvalue weighted by atomic mass is 9.34. The van der Waals surface area contributed by atoms with Gasteiger partial charge in [0.05, 0.1) is 5.41 Å². The van der Waals surface area contributed by atoms with E-state index in [1.165, 1.54) is 5.57 Å². The number of carbonyl (C=O) groups is 2. The highest BCUT2D eigenvalue weighted by Crippen LogP contribution is 2.75. The standard InChI is InChI=1S/C30H41NO4/c1-25-10-11-26(2,24(33)34)17-22(25)29(5)15-13-27(3)19-16-20(32)23(31)30(6,35-7)18(19)8-9-21(27)28(29,4)14-12-25/h8-9,16,22,31H,10-15,17H2,1-7H3,(H,33,34)/t22-,25-,26-,27+,28-,29+,30+/m1/s1. The number of hydrogen-bond donors (Lipinski definition) is 2. The quantitative estimate of drug-likeness (QED) is 0.487. The van der Waals surface area contributed by atoms with E-state index in [9.17, 15) is 14.7 Å². The number of ether oxygens (including phenoxy) is 1. The SMILES string of the molecule is CO[C@]1(C)C(=N)C(=O)C=C2C1=CC=C1[C@@]2(C)CC[C@@]2(C)[C@@H]3C[C@](C)(C(=O)O)CC[C@]3(C)CC[C@]12C. The summed E-state index contributed by atoms with van der Waals surface area (Å²) >= 11 is 0. The van der Waals surface area contributed by atoms with Crippen molar-refractivity contribution in [1.82, 2.24) is 0 Å². The summed E-state index contributed by atoms with van der Waals surface area (Å²) in [6.45, 7) is 13.3. The molecule has 0 unspecified atom stereocenters. The van der Waals surface area contributed by atoms with Gasteiger partial charge in [0.25, 0.3) is 0 Å². The van der Waals surface area contributed by atoms with Crippen molar-refractivity contribution >= 4 is 17.5 Å². The zero-order valence-corrected chi connectivity index (χ0v) is 22.4. The van der Waals surface area contributed by atoms with Gasteiger partial charge in [0, 0.05) is 12.5 Å². The number of rotatable bonds is 2. The zero-order chi connectivity index (χ0) is 25.8. The summed E-state index contributed by atoms with van der Waals surface area (Å²) < 4.78 is 5.80. The lowest BCUT2D eigenvalue weighted by Gasteiger charge is -2.70. The van der Waals surface area contributed by atoms with Crippen molar-refractivity contribution in [3.05, 3.63) is 34.9 Å². The number of aliphatic carboxylic acids is 1. The minimum atomic E-state index is -1.04. The fourth-order valence-corrected chi connectivity index (χ4v) is 9.01. The number of fused-ring (bicyclic) bond motifs is 7. The molecule has 35 heavy (non-hydrogen) atoms. The Labute approximate surface area is 209 Å². The number of nitrogens with one attached hydrogen (secondary N) is 1.